The second-order valence-electron chi connectivity index (χ2n) is 4.16. The maximum absolute atomic E-state index is 11.9. The molecule has 4 heteroatoms. The van der Waals surface area contributed by atoms with Crippen molar-refractivity contribution in [3.05, 3.63) is 58.8 Å². The van der Waals surface area contributed by atoms with Crippen LogP contribution in [-0.2, 0) is 0 Å². The molecule has 4 nitrogen and oxygen atoms in total. The van der Waals surface area contributed by atoms with Gasteiger partial charge in [-0.25, -0.2) is 4.98 Å². The molecule has 1 unspecified atom stereocenters. The Bertz CT molecular complexity index is 630. The number of fused-ring (bicyclic) bond motifs is 1. The Labute approximate surface area is 98.6 Å². The number of nitrogens with one attached hydrogen (secondary N) is 1. The molecule has 86 valence electrons. The van der Waals surface area contributed by atoms with Crippen molar-refractivity contribution in [2.24, 2.45) is 0 Å². The Morgan fingerprint density at radius 1 is 1.41 bits per heavy atom. The van der Waals surface area contributed by atoms with Crippen molar-refractivity contribution in [1.29, 1.82) is 0 Å². The van der Waals surface area contributed by atoms with Crippen molar-refractivity contribution >= 4 is 5.65 Å². The first-order valence-corrected chi connectivity index (χ1v) is 5.73. The monoisotopic (exact) mass is 227 g/mol. The van der Waals surface area contributed by atoms with Crippen LogP contribution in [0.5, 0.6) is 0 Å². The van der Waals surface area contributed by atoms with Gasteiger partial charge in [0.15, 0.2) is 0 Å². The van der Waals surface area contributed by atoms with Crippen LogP contribution in [0.4, 0.5) is 0 Å². The van der Waals surface area contributed by atoms with E-state index in [0.717, 1.165) is 18.7 Å². The minimum Gasteiger partial charge on any atom is -0.391 e. The summed E-state index contributed by atoms with van der Waals surface area (Å²) in [5.41, 5.74) is 1.55. The molecule has 0 spiro atoms. The number of hydrogen-bond donors (Lipinski definition) is 1. The van der Waals surface area contributed by atoms with E-state index in [2.05, 4.69) is 16.4 Å². The standard InChI is InChI=1S/C13H13N3O/c17-13-9-11(10-4-6-14-7-5-10)15-12-3-1-2-8-16(12)13/h1-4,6,8-10,14H,5,7H2. The minimum absolute atomic E-state index is 0.0162. The number of aromatic nitrogens is 2. The van der Waals surface area contributed by atoms with E-state index < -0.39 is 0 Å². The van der Waals surface area contributed by atoms with Crippen LogP contribution in [0.2, 0.25) is 0 Å². The third-order valence-corrected chi connectivity index (χ3v) is 3.02. The molecule has 3 rings (SSSR count). The summed E-state index contributed by atoms with van der Waals surface area (Å²) in [7, 11) is 0. The van der Waals surface area contributed by atoms with Crippen LogP contribution >= 0.6 is 0 Å². The summed E-state index contributed by atoms with van der Waals surface area (Å²) in [5.74, 6) is 0.245. The zero-order valence-corrected chi connectivity index (χ0v) is 9.34. The van der Waals surface area contributed by atoms with Crippen LogP contribution < -0.4 is 10.9 Å². The molecule has 0 saturated carbocycles. The summed E-state index contributed by atoms with van der Waals surface area (Å²) in [4.78, 5) is 16.5. The molecule has 2 aromatic rings. The smallest absolute Gasteiger partial charge is 0.258 e. The molecule has 3 heterocycles. The zero-order chi connectivity index (χ0) is 11.7. The molecule has 0 aliphatic carbocycles. The Balaban J connectivity index is 2.15. The van der Waals surface area contributed by atoms with Gasteiger partial charge in [0.1, 0.15) is 5.65 Å². The Kier molecular flexibility index (Phi) is 2.40. The van der Waals surface area contributed by atoms with Gasteiger partial charge in [0.2, 0.25) is 0 Å². The molecule has 0 fully saturated rings. The highest BCUT2D eigenvalue weighted by molar-refractivity contribution is 5.39. The normalized spacial score (nSPS) is 19.2. The Hall–Kier alpha value is -2.10. The van der Waals surface area contributed by atoms with Gasteiger partial charge in [-0.2, -0.15) is 0 Å². The van der Waals surface area contributed by atoms with Gasteiger partial charge < -0.3 is 5.32 Å². The van der Waals surface area contributed by atoms with Crippen LogP contribution in [0.1, 0.15) is 18.0 Å². The molecule has 0 saturated heterocycles. The molecule has 2 aromatic heterocycles. The van der Waals surface area contributed by atoms with Crippen molar-refractivity contribution in [1.82, 2.24) is 14.7 Å². The maximum atomic E-state index is 11.9. The SMILES string of the molecule is O=c1cc(C2C=CNCC2)nc2ccccn12. The quantitative estimate of drug-likeness (QED) is 0.798. The first-order chi connectivity index (χ1) is 8.34. The highest BCUT2D eigenvalue weighted by atomic mass is 16.1. The van der Waals surface area contributed by atoms with Crippen LogP contribution in [0.3, 0.4) is 0 Å². The van der Waals surface area contributed by atoms with Crippen molar-refractivity contribution in [2.45, 2.75) is 12.3 Å². The van der Waals surface area contributed by atoms with Gasteiger partial charge >= 0.3 is 0 Å². The summed E-state index contributed by atoms with van der Waals surface area (Å²) < 4.78 is 1.56. The summed E-state index contributed by atoms with van der Waals surface area (Å²) in [6, 6.07) is 7.22. The Morgan fingerprint density at radius 2 is 2.35 bits per heavy atom. The highest BCUT2D eigenvalue weighted by Crippen LogP contribution is 2.20. The van der Waals surface area contributed by atoms with E-state index in [1.165, 1.54) is 0 Å². The molecule has 17 heavy (non-hydrogen) atoms. The number of hydrogen-bond acceptors (Lipinski definition) is 3. The predicted molar refractivity (Wildman–Crippen MR) is 66.0 cm³/mol. The molecule has 1 aliphatic heterocycles. The minimum atomic E-state index is -0.0162. The molecular formula is C13H13N3O. The van der Waals surface area contributed by atoms with Gasteiger partial charge in [-0.05, 0) is 24.8 Å². The van der Waals surface area contributed by atoms with E-state index in [1.54, 1.807) is 16.7 Å². The third kappa shape index (κ3) is 1.82. The average molecular weight is 227 g/mol. The molecule has 0 amide bonds. The topological polar surface area (TPSA) is 46.4 Å². The van der Waals surface area contributed by atoms with Gasteiger partial charge in [0, 0.05) is 24.7 Å². The van der Waals surface area contributed by atoms with E-state index in [1.807, 2.05) is 24.4 Å². The lowest BCUT2D eigenvalue weighted by molar-refractivity contribution is 0.643. The van der Waals surface area contributed by atoms with E-state index >= 15 is 0 Å². The summed E-state index contributed by atoms with van der Waals surface area (Å²) in [6.07, 6.45) is 6.71. The molecular weight excluding hydrogens is 214 g/mol. The molecule has 1 aliphatic rings. The summed E-state index contributed by atoms with van der Waals surface area (Å²) in [6.45, 7) is 0.928. The van der Waals surface area contributed by atoms with Crippen molar-refractivity contribution in [3.63, 3.8) is 0 Å². The lowest BCUT2D eigenvalue weighted by atomic mass is 9.99. The van der Waals surface area contributed by atoms with E-state index in [0.29, 0.717) is 5.65 Å². The summed E-state index contributed by atoms with van der Waals surface area (Å²) >= 11 is 0. The number of allylic oxidation sites excluding steroid dienone is 1. The molecule has 0 radical (unpaired) electrons. The van der Waals surface area contributed by atoms with Crippen LogP contribution in [0, 0.1) is 0 Å². The van der Waals surface area contributed by atoms with Crippen LogP contribution in [0.15, 0.2) is 47.5 Å². The van der Waals surface area contributed by atoms with E-state index in [-0.39, 0.29) is 11.5 Å². The fourth-order valence-corrected chi connectivity index (χ4v) is 2.11. The first kappa shape index (κ1) is 10.1. The van der Waals surface area contributed by atoms with Gasteiger partial charge in [-0.1, -0.05) is 12.1 Å². The number of nitrogens with zero attached hydrogens (tertiary/aromatic N) is 2. The van der Waals surface area contributed by atoms with E-state index in [9.17, 15) is 4.79 Å². The number of rotatable bonds is 1. The Morgan fingerprint density at radius 3 is 3.18 bits per heavy atom. The molecule has 0 bridgehead atoms. The van der Waals surface area contributed by atoms with Crippen molar-refractivity contribution < 1.29 is 0 Å². The predicted octanol–water partition coefficient (Wildman–Crippen LogP) is 1.29. The maximum Gasteiger partial charge on any atom is 0.258 e. The third-order valence-electron chi connectivity index (χ3n) is 3.02. The molecule has 1 atom stereocenters. The number of pyridine rings is 1. The highest BCUT2D eigenvalue weighted by Gasteiger charge is 2.13. The lowest BCUT2D eigenvalue weighted by Gasteiger charge is -2.17. The van der Waals surface area contributed by atoms with Crippen molar-refractivity contribution in [3.8, 4) is 0 Å². The second-order valence-corrected chi connectivity index (χ2v) is 4.16. The van der Waals surface area contributed by atoms with Gasteiger partial charge in [-0.3, -0.25) is 9.20 Å². The fraction of sp³-hybridized carbons (Fsp3) is 0.231. The lowest BCUT2D eigenvalue weighted by Crippen LogP contribution is -2.20. The average Bonchev–Trinajstić information content (AvgIpc) is 2.40. The molecule has 0 aromatic carbocycles. The van der Waals surface area contributed by atoms with Crippen molar-refractivity contribution in [2.75, 3.05) is 6.54 Å². The largest absolute Gasteiger partial charge is 0.391 e. The van der Waals surface area contributed by atoms with Crippen LogP contribution in [-0.4, -0.2) is 15.9 Å². The summed E-state index contributed by atoms with van der Waals surface area (Å²) in [5, 5.41) is 3.14. The van der Waals surface area contributed by atoms with Gasteiger partial charge in [0.05, 0.1) is 5.69 Å². The van der Waals surface area contributed by atoms with E-state index in [4.69, 9.17) is 0 Å². The zero-order valence-electron chi connectivity index (χ0n) is 9.34. The van der Waals surface area contributed by atoms with Crippen LogP contribution in [0.25, 0.3) is 5.65 Å². The first-order valence-electron chi connectivity index (χ1n) is 5.73. The second kappa shape index (κ2) is 4.05. The molecule has 1 N–H and O–H groups in total. The van der Waals surface area contributed by atoms with Gasteiger partial charge in [0.25, 0.3) is 5.56 Å². The van der Waals surface area contributed by atoms with Gasteiger partial charge in [-0.15, -0.1) is 0 Å². The fourth-order valence-electron chi connectivity index (χ4n) is 2.11.